The molecule has 1 heterocycles. The van der Waals surface area contributed by atoms with Gasteiger partial charge in [-0.05, 0) is 24.1 Å². The molecule has 0 saturated heterocycles. The van der Waals surface area contributed by atoms with Gasteiger partial charge >= 0.3 is 0 Å². The predicted molar refractivity (Wildman–Crippen MR) is 82.1 cm³/mol. The molecule has 110 valence electrons. The molecule has 0 amide bonds. The minimum absolute atomic E-state index is 0.0663. The molecule has 3 rings (SSSR count). The molecule has 2 aromatic rings. The molecule has 0 radical (unpaired) electrons. The third-order valence-corrected chi connectivity index (χ3v) is 3.93. The number of para-hydroxylation sites is 2. The van der Waals surface area contributed by atoms with Crippen molar-refractivity contribution in [1.29, 1.82) is 0 Å². The summed E-state index contributed by atoms with van der Waals surface area (Å²) in [5, 5.41) is 14.1. The molecule has 0 aliphatic carbocycles. The third-order valence-electron chi connectivity index (χ3n) is 3.93. The molecule has 2 unspecified atom stereocenters. The van der Waals surface area contributed by atoms with Gasteiger partial charge in [0, 0.05) is 11.3 Å². The predicted octanol–water partition coefficient (Wildman–Crippen LogP) is 2.77. The summed E-state index contributed by atoms with van der Waals surface area (Å²) in [6, 6.07) is 13.6. The maximum absolute atomic E-state index is 10.7. The largest absolute Gasteiger partial charge is 0.493 e. The molecule has 0 fully saturated rings. The Morgan fingerprint density at radius 2 is 1.90 bits per heavy atom. The lowest BCUT2D eigenvalue weighted by Crippen LogP contribution is -2.25. The van der Waals surface area contributed by atoms with Crippen molar-refractivity contribution in [1.82, 2.24) is 0 Å². The highest BCUT2D eigenvalue weighted by molar-refractivity contribution is 5.58. The molecule has 0 bridgehead atoms. The van der Waals surface area contributed by atoms with E-state index in [1.54, 1.807) is 14.2 Å². The number of aliphatic hydroxyl groups is 1. The van der Waals surface area contributed by atoms with Gasteiger partial charge in [-0.15, -0.1) is 0 Å². The number of fused-ring (bicyclic) bond motifs is 1. The average Bonchev–Trinajstić information content (AvgIpc) is 2.97. The standard InChI is InChI=1S/C17H19NO3/c1-20-15-9-5-7-12(17(15)21-2)16(19)14-10-11-6-3-4-8-13(11)18-14/h3-9,14,16,18-19H,10H2,1-2H3. The van der Waals surface area contributed by atoms with Crippen LogP contribution >= 0.6 is 0 Å². The number of methoxy groups -OCH3 is 2. The molecule has 0 spiro atoms. The van der Waals surface area contributed by atoms with Crippen LogP contribution in [-0.4, -0.2) is 25.4 Å². The summed E-state index contributed by atoms with van der Waals surface area (Å²) < 4.78 is 10.7. The van der Waals surface area contributed by atoms with E-state index in [4.69, 9.17) is 9.47 Å². The number of nitrogens with one attached hydrogen (secondary N) is 1. The van der Waals surface area contributed by atoms with Crippen molar-refractivity contribution >= 4 is 5.69 Å². The van der Waals surface area contributed by atoms with Crippen LogP contribution in [-0.2, 0) is 6.42 Å². The van der Waals surface area contributed by atoms with E-state index in [9.17, 15) is 5.11 Å². The molecular weight excluding hydrogens is 266 g/mol. The highest BCUT2D eigenvalue weighted by Gasteiger charge is 2.30. The zero-order valence-corrected chi connectivity index (χ0v) is 12.2. The summed E-state index contributed by atoms with van der Waals surface area (Å²) >= 11 is 0. The quantitative estimate of drug-likeness (QED) is 0.907. The lowest BCUT2D eigenvalue weighted by atomic mass is 9.98. The highest BCUT2D eigenvalue weighted by atomic mass is 16.5. The summed E-state index contributed by atoms with van der Waals surface area (Å²) in [5.41, 5.74) is 3.05. The molecule has 2 atom stereocenters. The van der Waals surface area contributed by atoms with Crippen molar-refractivity contribution in [3.8, 4) is 11.5 Å². The van der Waals surface area contributed by atoms with Gasteiger partial charge in [0.05, 0.1) is 20.3 Å². The summed E-state index contributed by atoms with van der Waals surface area (Å²) in [6.45, 7) is 0. The number of ether oxygens (including phenoxy) is 2. The van der Waals surface area contributed by atoms with E-state index in [1.807, 2.05) is 36.4 Å². The Morgan fingerprint density at radius 1 is 1.10 bits per heavy atom. The second-order valence-electron chi connectivity index (χ2n) is 5.14. The normalized spacial score (nSPS) is 17.8. The van der Waals surface area contributed by atoms with Crippen LogP contribution < -0.4 is 14.8 Å². The van der Waals surface area contributed by atoms with E-state index < -0.39 is 6.10 Å². The van der Waals surface area contributed by atoms with Gasteiger partial charge < -0.3 is 19.9 Å². The second-order valence-corrected chi connectivity index (χ2v) is 5.14. The van der Waals surface area contributed by atoms with Crippen molar-refractivity contribution in [2.75, 3.05) is 19.5 Å². The maximum atomic E-state index is 10.7. The van der Waals surface area contributed by atoms with Gasteiger partial charge in [0.25, 0.3) is 0 Å². The summed E-state index contributed by atoms with van der Waals surface area (Å²) in [7, 11) is 3.18. The monoisotopic (exact) mass is 285 g/mol. The van der Waals surface area contributed by atoms with Gasteiger partial charge in [-0.3, -0.25) is 0 Å². The fourth-order valence-electron chi connectivity index (χ4n) is 2.88. The molecule has 1 aliphatic heterocycles. The van der Waals surface area contributed by atoms with Crippen LogP contribution in [0.2, 0.25) is 0 Å². The molecule has 0 saturated carbocycles. The van der Waals surface area contributed by atoms with Gasteiger partial charge in [-0.25, -0.2) is 0 Å². The Bertz CT molecular complexity index is 617. The topological polar surface area (TPSA) is 50.7 Å². The fraction of sp³-hybridized carbons (Fsp3) is 0.294. The van der Waals surface area contributed by atoms with E-state index in [-0.39, 0.29) is 6.04 Å². The fourth-order valence-corrected chi connectivity index (χ4v) is 2.88. The molecule has 2 aromatic carbocycles. The zero-order valence-electron chi connectivity index (χ0n) is 12.2. The summed E-state index contributed by atoms with van der Waals surface area (Å²) in [5.74, 6) is 1.22. The van der Waals surface area contributed by atoms with E-state index in [2.05, 4.69) is 11.4 Å². The van der Waals surface area contributed by atoms with E-state index in [1.165, 1.54) is 5.56 Å². The van der Waals surface area contributed by atoms with Crippen molar-refractivity contribution in [2.24, 2.45) is 0 Å². The molecule has 0 aromatic heterocycles. The zero-order chi connectivity index (χ0) is 14.8. The van der Waals surface area contributed by atoms with Crippen LogP contribution in [0, 0.1) is 0 Å². The van der Waals surface area contributed by atoms with Crippen molar-refractivity contribution in [3.63, 3.8) is 0 Å². The number of hydrogen-bond acceptors (Lipinski definition) is 4. The molecule has 2 N–H and O–H groups in total. The second kappa shape index (κ2) is 5.66. The molecule has 1 aliphatic rings. The minimum Gasteiger partial charge on any atom is -0.493 e. The summed E-state index contributed by atoms with van der Waals surface area (Å²) in [6.07, 6.45) is 0.125. The van der Waals surface area contributed by atoms with Gasteiger partial charge in [0.15, 0.2) is 11.5 Å². The van der Waals surface area contributed by atoms with Crippen molar-refractivity contribution in [2.45, 2.75) is 18.6 Å². The average molecular weight is 285 g/mol. The lowest BCUT2D eigenvalue weighted by molar-refractivity contribution is 0.152. The van der Waals surface area contributed by atoms with E-state index in [0.29, 0.717) is 11.5 Å². The first-order valence-corrected chi connectivity index (χ1v) is 6.98. The van der Waals surface area contributed by atoms with Crippen LogP contribution in [0.1, 0.15) is 17.2 Å². The van der Waals surface area contributed by atoms with Gasteiger partial charge in [0.2, 0.25) is 0 Å². The van der Waals surface area contributed by atoms with Crippen molar-refractivity contribution < 1.29 is 14.6 Å². The Balaban J connectivity index is 1.89. The minimum atomic E-state index is -0.664. The first-order chi connectivity index (χ1) is 10.2. The van der Waals surface area contributed by atoms with Gasteiger partial charge in [-0.1, -0.05) is 30.3 Å². The number of aliphatic hydroxyl groups excluding tert-OH is 1. The summed E-state index contributed by atoms with van der Waals surface area (Å²) in [4.78, 5) is 0. The molecule has 4 heteroatoms. The molecule has 21 heavy (non-hydrogen) atoms. The van der Waals surface area contributed by atoms with Gasteiger partial charge in [0.1, 0.15) is 6.10 Å². The van der Waals surface area contributed by atoms with Crippen LogP contribution in [0.5, 0.6) is 11.5 Å². The lowest BCUT2D eigenvalue weighted by Gasteiger charge is -2.22. The maximum Gasteiger partial charge on any atom is 0.166 e. The SMILES string of the molecule is COc1cccc(C(O)C2Cc3ccccc3N2)c1OC. The first-order valence-electron chi connectivity index (χ1n) is 6.98. The van der Waals surface area contributed by atoms with Crippen molar-refractivity contribution in [3.05, 3.63) is 53.6 Å². The smallest absolute Gasteiger partial charge is 0.166 e. The number of rotatable bonds is 4. The molecular formula is C17H19NO3. The van der Waals surface area contributed by atoms with E-state index in [0.717, 1.165) is 17.7 Å². The van der Waals surface area contributed by atoms with Gasteiger partial charge in [-0.2, -0.15) is 0 Å². The Morgan fingerprint density at radius 3 is 2.62 bits per heavy atom. The van der Waals surface area contributed by atoms with E-state index >= 15 is 0 Å². The number of benzene rings is 2. The van der Waals surface area contributed by atoms with Crippen LogP contribution in [0.3, 0.4) is 0 Å². The van der Waals surface area contributed by atoms with Crippen LogP contribution in [0.4, 0.5) is 5.69 Å². The Labute approximate surface area is 124 Å². The highest BCUT2D eigenvalue weighted by Crippen LogP contribution is 2.39. The van der Waals surface area contributed by atoms with Crippen LogP contribution in [0.25, 0.3) is 0 Å². The number of anilines is 1. The first kappa shape index (κ1) is 13.8. The Hall–Kier alpha value is -2.20. The third kappa shape index (κ3) is 2.43. The number of hydrogen-bond donors (Lipinski definition) is 2. The Kier molecular flexibility index (Phi) is 3.71. The van der Waals surface area contributed by atoms with Crippen LogP contribution in [0.15, 0.2) is 42.5 Å². The molecule has 4 nitrogen and oxygen atoms in total.